The molecule has 0 aromatic heterocycles. The zero-order valence-corrected chi connectivity index (χ0v) is 65.5. The van der Waals surface area contributed by atoms with Crippen LogP contribution in [0.3, 0.4) is 0 Å². The number of ketones is 9. The maximum absolute atomic E-state index is 12.5. The van der Waals surface area contributed by atoms with Crippen molar-refractivity contribution in [3.63, 3.8) is 0 Å². The van der Waals surface area contributed by atoms with Crippen molar-refractivity contribution in [1.29, 1.82) is 15.8 Å². The van der Waals surface area contributed by atoms with E-state index in [-0.39, 0.29) is 117 Å². The molecule has 0 spiro atoms. The van der Waals surface area contributed by atoms with E-state index in [1.54, 1.807) is 121 Å². The van der Waals surface area contributed by atoms with Crippen LogP contribution in [-0.4, -0.2) is 66.2 Å². The summed E-state index contributed by atoms with van der Waals surface area (Å²) in [6.07, 6.45) is 0.672. The number of allylic oxidation sites excluding steroid dienone is 8. The van der Waals surface area contributed by atoms with Crippen LogP contribution in [0.5, 0.6) is 0 Å². The fraction of sp³-hybridized carbons (Fsp3) is 0.242. The molecule has 0 fully saturated rings. The molecule has 1 heterocycles. The second-order valence-corrected chi connectivity index (χ2v) is 23.2. The number of nitriles is 3. The Bertz CT molecular complexity index is 5040. The molecule has 109 heavy (non-hydrogen) atoms. The topological polar surface area (TPSA) is 272 Å². The maximum atomic E-state index is 12.5. The maximum Gasteiger partial charge on any atom is 0.266 e. The van der Waals surface area contributed by atoms with Crippen molar-refractivity contribution in [2.24, 2.45) is 0 Å². The minimum Gasteiger partial charge on any atom is -0.294 e. The monoisotopic (exact) mass is 1470 g/mol. The van der Waals surface area contributed by atoms with Crippen LogP contribution in [0, 0.1) is 53.7 Å². The van der Waals surface area contributed by atoms with E-state index in [4.69, 9.17) is 35.5 Å². The molecule has 0 unspecified atom stereocenters. The molecule has 0 bridgehead atoms. The first-order valence-electron chi connectivity index (χ1n) is 36.3. The van der Waals surface area contributed by atoms with E-state index in [0.29, 0.717) is 77.9 Å². The summed E-state index contributed by atoms with van der Waals surface area (Å²) in [5.41, 5.74) is 10.3. The van der Waals surface area contributed by atoms with Crippen LogP contribution in [0.1, 0.15) is 258 Å². The van der Waals surface area contributed by atoms with Crippen molar-refractivity contribution in [1.82, 2.24) is 0 Å². The predicted molar refractivity (Wildman–Crippen MR) is 432 cm³/mol. The normalized spacial score (nSPS) is 14.6. The van der Waals surface area contributed by atoms with Crippen LogP contribution < -0.4 is 0 Å². The highest BCUT2D eigenvalue weighted by Gasteiger charge is 2.39. The van der Waals surface area contributed by atoms with Gasteiger partial charge in [0.2, 0.25) is 0 Å². The number of sulfone groups is 1. The summed E-state index contributed by atoms with van der Waals surface area (Å²) in [6.45, 7) is 52.9. The van der Waals surface area contributed by atoms with Gasteiger partial charge in [0.05, 0.1) is 61.2 Å². The highest BCUT2D eigenvalue weighted by Crippen LogP contribution is 2.44. The highest BCUT2D eigenvalue weighted by atomic mass is 32.2. The van der Waals surface area contributed by atoms with E-state index in [2.05, 4.69) is 14.5 Å². The molecule has 7 aliphatic rings. The Kier molecular flexibility index (Phi) is 39.4. The van der Waals surface area contributed by atoms with Gasteiger partial charge in [-0.05, 0) is 79.9 Å². The van der Waals surface area contributed by atoms with Gasteiger partial charge in [0.1, 0.15) is 5.75 Å². The van der Waals surface area contributed by atoms with Crippen molar-refractivity contribution >= 4 is 95.0 Å². The third-order valence-corrected chi connectivity index (χ3v) is 17.6. The zero-order chi connectivity index (χ0) is 82.3. The fourth-order valence-corrected chi connectivity index (χ4v) is 13.0. The second-order valence-electron chi connectivity index (χ2n) is 21.2. The molecule has 8 aromatic rings. The van der Waals surface area contributed by atoms with E-state index in [0.717, 1.165) is 27.5 Å². The molecule has 0 N–H and O–H groups in total. The van der Waals surface area contributed by atoms with Crippen molar-refractivity contribution in [2.45, 2.75) is 148 Å². The summed E-state index contributed by atoms with van der Waals surface area (Å²) >= 11 is 0. The van der Waals surface area contributed by atoms with Gasteiger partial charge in [-0.25, -0.2) is 38.7 Å². The standard InChI is InChI=1S/C18H10O3.C15H6N4.C13H8O2.C12H6N2O.C9H6O2.C8H6O3S.8C2H6/c19-15-9-14(10-5-1-2-6-11(10)15)16-17(20)12-7-3-4-8-13(12)18(16)21;1-18-14(8-16)12-7-13(15(9-17)19-2)11-6-4-3-5-10(11)12;14-12-7-13(15)11-6-9-4-2-1-3-8(9)5-10(11)12;1-14-11(7-13)10-6-12(15)9-5-3-2-4-8(9)10;10-8-5-9(11)7-4-2-1-3-6(7)8;9-7-5-12(10,11)8-4-2-1-3-6(7)8;8*1-2/h1-8H,9H2;3-6H,7H2;1-6H,7H2;2-5H,6H2;1-4H,5H2;1-4H,5H2;8*1-2H3/b;14-12+,15-13+;;11-10+;;;;;;;;;;. The first-order valence-corrected chi connectivity index (χ1v) is 37.9. The Hall–Kier alpha value is -13.1. The van der Waals surface area contributed by atoms with Crippen LogP contribution in [-0.2, 0) is 9.84 Å². The van der Waals surface area contributed by atoms with Crippen molar-refractivity contribution in [3.8, 4) is 18.2 Å². The van der Waals surface area contributed by atoms with E-state index in [9.17, 15) is 51.6 Å². The zero-order valence-electron chi connectivity index (χ0n) is 64.6. The van der Waals surface area contributed by atoms with Gasteiger partial charge in [0, 0.05) is 62.9 Å². The summed E-state index contributed by atoms with van der Waals surface area (Å²) < 4.78 is 22.5. The molecule has 0 amide bonds. The summed E-state index contributed by atoms with van der Waals surface area (Å²) in [5, 5.41) is 28.8. The molecular weight excluding hydrogens is 1390 g/mol. The van der Waals surface area contributed by atoms with Gasteiger partial charge < -0.3 is 0 Å². The second kappa shape index (κ2) is 46.7. The summed E-state index contributed by atoms with van der Waals surface area (Å²) in [5.74, 6) is -1.47. The summed E-state index contributed by atoms with van der Waals surface area (Å²) in [7, 11) is -3.30. The molecule has 6 aliphatic carbocycles. The Morgan fingerprint density at radius 2 is 0.560 bits per heavy atom. The molecule has 8 aromatic carbocycles. The van der Waals surface area contributed by atoms with E-state index >= 15 is 0 Å². The summed E-state index contributed by atoms with van der Waals surface area (Å²) in [6, 6.07) is 58.5. The lowest BCUT2D eigenvalue weighted by Gasteiger charge is -2.02. The third-order valence-electron chi connectivity index (χ3n) is 15.9. The molecule has 556 valence electrons. The van der Waals surface area contributed by atoms with E-state index < -0.39 is 9.84 Å². The summed E-state index contributed by atoms with van der Waals surface area (Å²) in [4.78, 5) is 115. The van der Waals surface area contributed by atoms with Crippen LogP contribution >= 0.6 is 0 Å². The number of fused-ring (bicyclic) bond motifs is 8. The molecule has 1 aliphatic heterocycles. The predicted octanol–water partition coefficient (Wildman–Crippen LogP) is 21.9. The molecule has 15 rings (SSSR count). The first-order chi connectivity index (χ1) is 52.9. The lowest BCUT2D eigenvalue weighted by Crippen LogP contribution is -2.04. The van der Waals surface area contributed by atoms with Gasteiger partial charge >= 0.3 is 0 Å². The van der Waals surface area contributed by atoms with Crippen LogP contribution in [0.25, 0.3) is 47.6 Å². The average molecular weight is 1480 g/mol. The van der Waals surface area contributed by atoms with Gasteiger partial charge in [-0.1, -0.05) is 275 Å². The van der Waals surface area contributed by atoms with Crippen molar-refractivity contribution < 1.29 is 51.6 Å². The smallest absolute Gasteiger partial charge is 0.266 e. The van der Waals surface area contributed by atoms with Crippen LogP contribution in [0.4, 0.5) is 0 Å². The largest absolute Gasteiger partial charge is 0.294 e. The molecule has 0 saturated heterocycles. The average Bonchev–Trinajstić information content (AvgIpc) is 1.59. The number of carbonyl (C=O) groups is 9. The number of hydrogen-bond donors (Lipinski definition) is 0. The number of rotatable bonds is 0. The minimum atomic E-state index is -3.30. The molecular formula is C91H90N6O11S. The Morgan fingerprint density at radius 3 is 0.908 bits per heavy atom. The molecule has 0 radical (unpaired) electrons. The number of carbonyl (C=O) groups excluding carboxylic acids is 9. The molecule has 18 heteroatoms. The number of Topliss-reactive ketones (excluding diaryl/α,β-unsaturated/α-hetero) is 9. The molecule has 0 saturated carbocycles. The van der Waals surface area contributed by atoms with Crippen molar-refractivity contribution in [3.05, 3.63) is 311 Å². The Morgan fingerprint density at radius 1 is 0.303 bits per heavy atom. The SMILES string of the molecule is CC.CC.CC.CC.CC.CC.CC.CC.O=C1CC(=C2C(=O)c3ccccc3C2=O)c2ccccc21.O=C1CC(=O)c2cc3ccccc3cc21.O=C1CC(=O)c2ccccc21.O=C1CS(=O)(=O)c2ccccc21.[C-]#[N+]/C(C#N)=C1\C/C(=C(/C#N)[N+]#[C-])c2ccccc21.[C-]#[N+]/C(C#N)=C1\CC(=O)c2ccccc21. The van der Waals surface area contributed by atoms with Gasteiger partial charge in [0.15, 0.2) is 61.9 Å². The molecule has 0 atom stereocenters. The lowest BCUT2D eigenvalue weighted by molar-refractivity contribution is 0.0906. The molecule has 17 nitrogen and oxygen atoms in total. The van der Waals surface area contributed by atoms with Gasteiger partial charge in [-0.3, -0.25) is 43.2 Å². The quantitative estimate of drug-likeness (QED) is 0.0449. The van der Waals surface area contributed by atoms with Crippen LogP contribution in [0.15, 0.2) is 210 Å². The highest BCUT2D eigenvalue weighted by molar-refractivity contribution is 7.92. The van der Waals surface area contributed by atoms with Crippen LogP contribution in [0.2, 0.25) is 0 Å². The Balaban J connectivity index is 0.000000432. The number of benzene rings is 8. The minimum absolute atomic E-state index is 0.0167. The fourth-order valence-electron chi connectivity index (χ4n) is 11.6. The first kappa shape index (κ1) is 92.0. The number of hydrogen-bond acceptors (Lipinski definition) is 14. The number of nitrogens with zero attached hydrogens (tertiary/aromatic N) is 6. The lowest BCUT2D eigenvalue weighted by atomic mass is 9.98. The Labute approximate surface area is 641 Å². The van der Waals surface area contributed by atoms with Crippen molar-refractivity contribution in [2.75, 3.05) is 5.75 Å². The van der Waals surface area contributed by atoms with E-state index in [1.807, 2.05) is 184 Å². The third kappa shape index (κ3) is 21.6. The van der Waals surface area contributed by atoms with Gasteiger partial charge in [0.25, 0.3) is 17.1 Å². The van der Waals surface area contributed by atoms with Gasteiger partial charge in [-0.15, -0.1) is 0 Å². The van der Waals surface area contributed by atoms with E-state index in [1.165, 1.54) is 6.07 Å². The van der Waals surface area contributed by atoms with Gasteiger partial charge in [-0.2, -0.15) is 0 Å².